The molecule has 1 aliphatic heterocycles. The Bertz CT molecular complexity index is 1190. The van der Waals surface area contributed by atoms with Gasteiger partial charge in [0.05, 0.1) is 31.0 Å². The van der Waals surface area contributed by atoms with Gasteiger partial charge in [0.15, 0.2) is 27.6 Å². The number of carbonyl (C=O) groups is 1. The van der Waals surface area contributed by atoms with Gasteiger partial charge >= 0.3 is 0 Å². The van der Waals surface area contributed by atoms with Crippen molar-refractivity contribution in [2.24, 2.45) is 0 Å². The minimum absolute atomic E-state index is 0.151. The van der Waals surface area contributed by atoms with Gasteiger partial charge in [0.25, 0.3) is 5.91 Å². The van der Waals surface area contributed by atoms with Crippen LogP contribution >= 0.6 is 38.5 Å². The first-order valence-corrected chi connectivity index (χ1v) is 11.8. The number of carbonyl (C=O) groups excluding carboxylic acids is 1. The largest absolute Gasteiger partial charge is 0.493 e. The Morgan fingerprint density at radius 3 is 2.50 bits per heavy atom. The first-order valence-electron chi connectivity index (χ1n) is 9.97. The normalized spacial score (nSPS) is 12.2. The highest BCUT2D eigenvalue weighted by molar-refractivity contribution is 14.1. The summed E-state index contributed by atoms with van der Waals surface area (Å²) in [5, 5.41) is 9.27. The Kier molecular flexibility index (Phi) is 6.89. The van der Waals surface area contributed by atoms with Gasteiger partial charge in [0, 0.05) is 21.6 Å². The Labute approximate surface area is 207 Å². The van der Waals surface area contributed by atoms with Gasteiger partial charge in [-0.1, -0.05) is 13.3 Å². The number of amides is 1. The number of ether oxygens (including phenoxy) is 4. The molecule has 32 heavy (non-hydrogen) atoms. The lowest BCUT2D eigenvalue weighted by Gasteiger charge is -2.25. The monoisotopic (exact) mass is 613 g/mol. The van der Waals surface area contributed by atoms with E-state index in [-0.39, 0.29) is 12.7 Å². The number of anilines is 1. The smallest absolute Gasteiger partial charge is 0.259 e. The van der Waals surface area contributed by atoms with Crippen LogP contribution in [0.3, 0.4) is 0 Å². The quantitative estimate of drug-likeness (QED) is 0.339. The van der Waals surface area contributed by atoms with Gasteiger partial charge < -0.3 is 23.8 Å². The molecule has 0 radical (unpaired) electrons. The summed E-state index contributed by atoms with van der Waals surface area (Å²) < 4.78 is 23.1. The van der Waals surface area contributed by atoms with E-state index in [9.17, 15) is 4.79 Å². The summed E-state index contributed by atoms with van der Waals surface area (Å²) in [6, 6.07) is 7.13. The number of nitrogens with zero attached hydrogens (tertiary/aromatic N) is 3. The molecular formula is C22H21BrIN3O5. The van der Waals surface area contributed by atoms with Crippen LogP contribution in [0.25, 0.3) is 10.9 Å². The number of halogens is 2. The molecule has 0 unspecified atom stereocenters. The molecule has 2 heterocycles. The van der Waals surface area contributed by atoms with Crippen molar-refractivity contribution in [3.63, 3.8) is 0 Å². The molecule has 2 aromatic carbocycles. The molecule has 0 bridgehead atoms. The molecule has 0 atom stereocenters. The average Bonchev–Trinajstić information content (AvgIpc) is 3.26. The molecule has 1 aromatic heterocycles. The predicted molar refractivity (Wildman–Crippen MR) is 132 cm³/mol. The first kappa shape index (κ1) is 22.8. The van der Waals surface area contributed by atoms with Gasteiger partial charge in [-0.25, -0.2) is 0 Å². The highest BCUT2D eigenvalue weighted by Gasteiger charge is 2.27. The molecule has 0 aliphatic carbocycles. The van der Waals surface area contributed by atoms with Crippen LogP contribution in [0.4, 0.5) is 5.69 Å². The van der Waals surface area contributed by atoms with E-state index >= 15 is 0 Å². The second-order valence-electron chi connectivity index (χ2n) is 7.06. The van der Waals surface area contributed by atoms with E-state index in [1.165, 1.54) is 0 Å². The Morgan fingerprint density at radius 1 is 1.12 bits per heavy atom. The number of fused-ring (bicyclic) bond motifs is 2. The zero-order valence-electron chi connectivity index (χ0n) is 17.8. The van der Waals surface area contributed by atoms with Crippen molar-refractivity contribution < 1.29 is 23.7 Å². The van der Waals surface area contributed by atoms with Crippen LogP contribution in [-0.4, -0.2) is 43.7 Å². The molecule has 0 saturated carbocycles. The first-order chi connectivity index (χ1) is 15.5. The van der Waals surface area contributed by atoms with Crippen LogP contribution in [0.2, 0.25) is 0 Å². The zero-order chi connectivity index (χ0) is 22.8. The molecule has 8 nitrogen and oxygen atoms in total. The SMILES string of the molecule is CCCCN(C(=O)c1cc(OC)c(OC)cc1I)c1c(Br)nnc2cc3c(cc12)OCO3. The van der Waals surface area contributed by atoms with Gasteiger partial charge in [0.1, 0.15) is 0 Å². The fraction of sp³-hybridized carbons (Fsp3) is 0.318. The average molecular weight is 614 g/mol. The summed E-state index contributed by atoms with van der Waals surface area (Å²) in [6.07, 6.45) is 1.74. The molecule has 0 spiro atoms. The third-order valence-corrected chi connectivity index (χ3v) is 6.57. The molecule has 1 aliphatic rings. The van der Waals surface area contributed by atoms with Crippen LogP contribution in [0.5, 0.6) is 23.0 Å². The van der Waals surface area contributed by atoms with E-state index in [1.54, 1.807) is 37.3 Å². The summed E-state index contributed by atoms with van der Waals surface area (Å²) in [5.41, 5.74) is 1.76. The van der Waals surface area contributed by atoms with E-state index in [2.05, 4.69) is 55.6 Å². The van der Waals surface area contributed by atoms with Gasteiger partial charge in [-0.2, -0.15) is 0 Å². The number of rotatable bonds is 7. The number of hydrogen-bond acceptors (Lipinski definition) is 7. The second kappa shape index (κ2) is 9.65. The van der Waals surface area contributed by atoms with Crippen LogP contribution in [0.1, 0.15) is 30.1 Å². The maximum absolute atomic E-state index is 13.9. The Balaban J connectivity index is 1.88. The predicted octanol–water partition coefficient (Wildman–Crippen LogP) is 5.19. The maximum atomic E-state index is 13.9. The second-order valence-corrected chi connectivity index (χ2v) is 8.97. The van der Waals surface area contributed by atoms with Crippen molar-refractivity contribution in [1.82, 2.24) is 10.2 Å². The summed E-state index contributed by atoms with van der Waals surface area (Å²) in [5.74, 6) is 2.12. The Morgan fingerprint density at radius 2 is 1.81 bits per heavy atom. The number of benzene rings is 2. The lowest BCUT2D eigenvalue weighted by atomic mass is 10.1. The molecule has 0 fully saturated rings. The lowest BCUT2D eigenvalue weighted by molar-refractivity contribution is 0.0985. The molecular weight excluding hydrogens is 593 g/mol. The fourth-order valence-corrected chi connectivity index (χ4v) is 4.69. The van der Waals surface area contributed by atoms with E-state index in [0.717, 1.165) is 21.8 Å². The molecule has 1 amide bonds. The van der Waals surface area contributed by atoms with Crippen LogP contribution < -0.4 is 23.8 Å². The highest BCUT2D eigenvalue weighted by atomic mass is 127. The molecule has 3 aromatic rings. The van der Waals surface area contributed by atoms with Crippen molar-refractivity contribution in [2.75, 3.05) is 32.5 Å². The van der Waals surface area contributed by atoms with Crippen molar-refractivity contribution >= 4 is 61.0 Å². The van der Waals surface area contributed by atoms with Gasteiger partial charge in [0.2, 0.25) is 6.79 Å². The van der Waals surface area contributed by atoms with E-state index in [4.69, 9.17) is 18.9 Å². The third-order valence-electron chi connectivity index (χ3n) is 5.14. The summed E-state index contributed by atoms with van der Waals surface area (Å²) in [6.45, 7) is 2.74. The lowest BCUT2D eigenvalue weighted by Crippen LogP contribution is -2.33. The number of methoxy groups -OCH3 is 2. The molecule has 0 saturated heterocycles. The van der Waals surface area contributed by atoms with Crippen molar-refractivity contribution in [2.45, 2.75) is 19.8 Å². The van der Waals surface area contributed by atoms with Crippen LogP contribution in [0.15, 0.2) is 28.9 Å². The third kappa shape index (κ3) is 4.17. The minimum Gasteiger partial charge on any atom is -0.493 e. The van der Waals surface area contributed by atoms with Gasteiger partial charge in [-0.3, -0.25) is 4.79 Å². The maximum Gasteiger partial charge on any atom is 0.259 e. The molecule has 10 heteroatoms. The van der Waals surface area contributed by atoms with E-state index in [1.807, 2.05) is 6.07 Å². The molecule has 0 N–H and O–H groups in total. The van der Waals surface area contributed by atoms with Crippen molar-refractivity contribution in [1.29, 1.82) is 0 Å². The summed E-state index contributed by atoms with van der Waals surface area (Å²) >= 11 is 5.65. The minimum atomic E-state index is -0.170. The van der Waals surface area contributed by atoms with E-state index < -0.39 is 0 Å². The molecule has 4 rings (SSSR count). The summed E-state index contributed by atoms with van der Waals surface area (Å²) in [7, 11) is 3.12. The Hall–Kier alpha value is -2.34. The number of hydrogen-bond donors (Lipinski definition) is 0. The highest BCUT2D eigenvalue weighted by Crippen LogP contribution is 2.41. The van der Waals surface area contributed by atoms with Crippen molar-refractivity contribution in [3.8, 4) is 23.0 Å². The molecule has 168 valence electrons. The van der Waals surface area contributed by atoms with E-state index in [0.29, 0.717) is 50.9 Å². The van der Waals surface area contributed by atoms with Gasteiger partial charge in [-0.15, -0.1) is 10.2 Å². The van der Waals surface area contributed by atoms with Crippen LogP contribution in [-0.2, 0) is 0 Å². The zero-order valence-corrected chi connectivity index (χ0v) is 21.5. The summed E-state index contributed by atoms with van der Waals surface area (Å²) in [4.78, 5) is 15.6. The number of aromatic nitrogens is 2. The topological polar surface area (TPSA) is 83.0 Å². The van der Waals surface area contributed by atoms with Crippen LogP contribution in [0, 0.1) is 3.57 Å². The van der Waals surface area contributed by atoms with Crippen molar-refractivity contribution in [3.05, 3.63) is 38.0 Å². The fourth-order valence-electron chi connectivity index (χ4n) is 3.51. The van der Waals surface area contributed by atoms with Gasteiger partial charge in [-0.05, 0) is 63.1 Å². The number of unbranched alkanes of at least 4 members (excludes halogenated alkanes) is 1. The standard InChI is InChI=1S/C22H21BrIN3O5/c1-4-5-6-27(22(28)12-7-16(29-2)17(30-3)9-14(12)24)20-13-8-18-19(32-11-31-18)10-15(13)25-26-21(20)23/h7-10H,4-6,11H2,1-3H3.